The standard InChI is InChI=1S/C17H22Cl2N4O2/c18-12-1-4-14(19)15(9-12)21-17(25)11-23-7-5-22(6-8-23)10-16(24)20-13-2-3-13/h1,4,9,13H,2-3,5-8,10-11H2,(H,20,24)(H,21,25). The molecule has 1 aliphatic carbocycles. The van der Waals surface area contributed by atoms with Crippen LogP contribution in [0, 0.1) is 0 Å². The number of hydrogen-bond donors (Lipinski definition) is 2. The summed E-state index contributed by atoms with van der Waals surface area (Å²) in [7, 11) is 0. The van der Waals surface area contributed by atoms with Crippen molar-refractivity contribution in [3.8, 4) is 0 Å². The number of benzene rings is 1. The monoisotopic (exact) mass is 384 g/mol. The van der Waals surface area contributed by atoms with Crippen molar-refractivity contribution in [2.75, 3.05) is 44.6 Å². The highest BCUT2D eigenvalue weighted by atomic mass is 35.5. The molecule has 0 bridgehead atoms. The molecule has 8 heteroatoms. The first-order chi connectivity index (χ1) is 12.0. The Bertz CT molecular complexity index is 644. The molecule has 1 aromatic rings. The summed E-state index contributed by atoms with van der Waals surface area (Å²) in [6.07, 6.45) is 2.20. The number of nitrogens with zero attached hydrogens (tertiary/aromatic N) is 2. The largest absolute Gasteiger partial charge is 0.352 e. The van der Waals surface area contributed by atoms with Crippen LogP contribution in [0.5, 0.6) is 0 Å². The van der Waals surface area contributed by atoms with Crippen molar-refractivity contribution < 1.29 is 9.59 Å². The van der Waals surface area contributed by atoms with Crippen molar-refractivity contribution >= 4 is 40.7 Å². The van der Waals surface area contributed by atoms with E-state index in [9.17, 15) is 9.59 Å². The predicted molar refractivity (Wildman–Crippen MR) is 99.1 cm³/mol. The van der Waals surface area contributed by atoms with Gasteiger partial charge in [-0.15, -0.1) is 0 Å². The number of halogens is 2. The van der Waals surface area contributed by atoms with E-state index in [1.807, 2.05) is 0 Å². The molecule has 6 nitrogen and oxygen atoms in total. The maximum Gasteiger partial charge on any atom is 0.238 e. The molecule has 25 heavy (non-hydrogen) atoms. The van der Waals surface area contributed by atoms with E-state index in [4.69, 9.17) is 23.2 Å². The summed E-state index contributed by atoms with van der Waals surface area (Å²) in [5.74, 6) is -0.0200. The third-order valence-electron chi connectivity index (χ3n) is 4.34. The summed E-state index contributed by atoms with van der Waals surface area (Å²) in [6.45, 7) is 3.81. The van der Waals surface area contributed by atoms with E-state index in [-0.39, 0.29) is 11.8 Å². The van der Waals surface area contributed by atoms with Crippen LogP contribution in [-0.4, -0.2) is 66.9 Å². The van der Waals surface area contributed by atoms with E-state index in [1.165, 1.54) is 0 Å². The smallest absolute Gasteiger partial charge is 0.238 e. The van der Waals surface area contributed by atoms with Gasteiger partial charge in [-0.2, -0.15) is 0 Å². The van der Waals surface area contributed by atoms with E-state index < -0.39 is 0 Å². The Hall–Kier alpha value is -1.34. The normalized spacial score (nSPS) is 18.8. The number of amides is 2. The van der Waals surface area contributed by atoms with Gasteiger partial charge < -0.3 is 10.6 Å². The van der Waals surface area contributed by atoms with Crippen molar-refractivity contribution in [3.05, 3.63) is 28.2 Å². The average molecular weight is 385 g/mol. The van der Waals surface area contributed by atoms with Gasteiger partial charge in [0.15, 0.2) is 0 Å². The van der Waals surface area contributed by atoms with Gasteiger partial charge in [0.2, 0.25) is 11.8 Å². The Morgan fingerprint density at radius 1 is 1.00 bits per heavy atom. The van der Waals surface area contributed by atoms with Crippen molar-refractivity contribution in [2.45, 2.75) is 18.9 Å². The van der Waals surface area contributed by atoms with Crippen LogP contribution in [0.2, 0.25) is 10.0 Å². The van der Waals surface area contributed by atoms with Crippen molar-refractivity contribution in [1.29, 1.82) is 0 Å². The molecule has 2 aliphatic rings. The Kier molecular flexibility index (Phi) is 6.17. The van der Waals surface area contributed by atoms with Gasteiger partial charge in [0.05, 0.1) is 23.8 Å². The molecule has 3 rings (SSSR count). The molecule has 1 saturated heterocycles. The third kappa shape index (κ3) is 5.85. The fourth-order valence-corrected chi connectivity index (χ4v) is 3.13. The number of hydrogen-bond acceptors (Lipinski definition) is 4. The van der Waals surface area contributed by atoms with Crippen molar-refractivity contribution in [3.63, 3.8) is 0 Å². The highest BCUT2D eigenvalue weighted by Crippen LogP contribution is 2.25. The fourth-order valence-electron chi connectivity index (χ4n) is 2.80. The minimum Gasteiger partial charge on any atom is -0.352 e. The lowest BCUT2D eigenvalue weighted by Gasteiger charge is -2.33. The lowest BCUT2D eigenvalue weighted by atomic mass is 10.3. The second-order valence-corrected chi connectivity index (χ2v) is 7.41. The quantitative estimate of drug-likeness (QED) is 0.784. The number of piperazine rings is 1. The molecule has 1 heterocycles. The molecule has 1 aliphatic heterocycles. The fraction of sp³-hybridized carbons (Fsp3) is 0.529. The molecular formula is C17H22Cl2N4O2. The summed E-state index contributed by atoms with van der Waals surface area (Å²) in [6, 6.07) is 5.37. The second kappa shape index (κ2) is 8.36. The third-order valence-corrected chi connectivity index (χ3v) is 4.91. The molecule has 2 N–H and O–H groups in total. The van der Waals surface area contributed by atoms with Crippen LogP contribution in [0.4, 0.5) is 5.69 Å². The van der Waals surface area contributed by atoms with Gasteiger partial charge >= 0.3 is 0 Å². The molecule has 0 atom stereocenters. The van der Waals surface area contributed by atoms with E-state index in [0.717, 1.165) is 39.0 Å². The second-order valence-electron chi connectivity index (χ2n) is 6.57. The van der Waals surface area contributed by atoms with Crippen LogP contribution >= 0.6 is 23.2 Å². The van der Waals surface area contributed by atoms with Gasteiger partial charge in [-0.25, -0.2) is 0 Å². The summed E-state index contributed by atoms with van der Waals surface area (Å²) in [4.78, 5) is 28.2. The van der Waals surface area contributed by atoms with Gasteiger partial charge in [-0.3, -0.25) is 19.4 Å². The summed E-state index contributed by atoms with van der Waals surface area (Å²) >= 11 is 12.0. The Labute approximate surface area is 157 Å². The number of rotatable bonds is 6. The first-order valence-corrected chi connectivity index (χ1v) is 9.24. The SMILES string of the molecule is O=C(CN1CCN(CC(=O)NC2CC2)CC1)Nc1cc(Cl)ccc1Cl. The Morgan fingerprint density at radius 2 is 1.60 bits per heavy atom. The van der Waals surface area contributed by atoms with Gasteiger partial charge in [0.1, 0.15) is 0 Å². The highest BCUT2D eigenvalue weighted by Gasteiger charge is 2.25. The number of carbonyl (C=O) groups excluding carboxylic acids is 2. The molecule has 0 radical (unpaired) electrons. The van der Waals surface area contributed by atoms with Crippen LogP contribution in [0.25, 0.3) is 0 Å². The predicted octanol–water partition coefficient (Wildman–Crippen LogP) is 1.83. The van der Waals surface area contributed by atoms with Crippen LogP contribution in [0.15, 0.2) is 18.2 Å². The first kappa shape index (κ1) is 18.5. The molecule has 0 unspecified atom stereocenters. The Balaban J connectivity index is 1.40. The van der Waals surface area contributed by atoms with Gasteiger partial charge in [0.25, 0.3) is 0 Å². The number of carbonyl (C=O) groups is 2. The van der Waals surface area contributed by atoms with Crippen LogP contribution in [0.1, 0.15) is 12.8 Å². The zero-order chi connectivity index (χ0) is 17.8. The molecule has 2 fully saturated rings. The summed E-state index contributed by atoms with van der Waals surface area (Å²) in [5, 5.41) is 6.78. The van der Waals surface area contributed by atoms with Crippen LogP contribution in [0.3, 0.4) is 0 Å². The van der Waals surface area contributed by atoms with Crippen LogP contribution in [-0.2, 0) is 9.59 Å². The first-order valence-electron chi connectivity index (χ1n) is 8.48. The summed E-state index contributed by atoms with van der Waals surface area (Å²) < 4.78 is 0. The maximum absolute atomic E-state index is 12.2. The molecule has 1 aromatic carbocycles. The Morgan fingerprint density at radius 3 is 2.20 bits per heavy atom. The van der Waals surface area contributed by atoms with Gasteiger partial charge in [0, 0.05) is 37.2 Å². The number of anilines is 1. The zero-order valence-corrected chi connectivity index (χ0v) is 15.4. The molecular weight excluding hydrogens is 363 g/mol. The molecule has 2 amide bonds. The van der Waals surface area contributed by atoms with Crippen molar-refractivity contribution in [1.82, 2.24) is 15.1 Å². The molecule has 0 aromatic heterocycles. The lowest BCUT2D eigenvalue weighted by molar-refractivity contribution is -0.123. The summed E-state index contributed by atoms with van der Waals surface area (Å²) in [5.41, 5.74) is 0.523. The minimum absolute atomic E-state index is 0.101. The van der Waals surface area contributed by atoms with E-state index in [1.54, 1.807) is 18.2 Å². The lowest BCUT2D eigenvalue weighted by Crippen LogP contribution is -2.51. The van der Waals surface area contributed by atoms with Gasteiger partial charge in [-0.05, 0) is 31.0 Å². The highest BCUT2D eigenvalue weighted by molar-refractivity contribution is 6.35. The topological polar surface area (TPSA) is 64.7 Å². The molecule has 136 valence electrons. The van der Waals surface area contributed by atoms with E-state index >= 15 is 0 Å². The molecule has 1 saturated carbocycles. The van der Waals surface area contributed by atoms with Gasteiger partial charge in [-0.1, -0.05) is 23.2 Å². The number of nitrogens with one attached hydrogen (secondary N) is 2. The average Bonchev–Trinajstić information content (AvgIpc) is 3.36. The van der Waals surface area contributed by atoms with E-state index in [0.29, 0.717) is 34.9 Å². The van der Waals surface area contributed by atoms with Crippen molar-refractivity contribution in [2.24, 2.45) is 0 Å². The van der Waals surface area contributed by atoms with E-state index in [2.05, 4.69) is 20.4 Å². The van der Waals surface area contributed by atoms with Crippen LogP contribution < -0.4 is 10.6 Å². The maximum atomic E-state index is 12.2. The minimum atomic E-state index is -0.121. The zero-order valence-electron chi connectivity index (χ0n) is 13.9. The molecule has 0 spiro atoms.